The third-order valence-electron chi connectivity index (χ3n) is 6.55. The number of aryl methyl sites for hydroxylation is 1. The Kier molecular flexibility index (Phi) is 6.16. The molecular weight excluding hydrogens is 350 g/mol. The van der Waals surface area contributed by atoms with Crippen LogP contribution in [0.3, 0.4) is 0 Å². The summed E-state index contributed by atoms with van der Waals surface area (Å²) in [5, 5.41) is 10.1. The van der Waals surface area contributed by atoms with Gasteiger partial charge in [-0.05, 0) is 93.2 Å². The first-order chi connectivity index (χ1) is 13.7. The Labute approximate surface area is 167 Å². The normalized spacial score (nSPS) is 24.7. The number of hydrogen-bond acceptors (Lipinski definition) is 4. The number of aliphatic hydroxyl groups excluding tert-OH is 1. The zero-order valence-electron chi connectivity index (χ0n) is 16.6. The molecule has 5 rings (SSSR count). The molecule has 3 aliphatic carbocycles. The van der Waals surface area contributed by atoms with Gasteiger partial charge in [0, 0.05) is 17.8 Å². The average molecular weight is 382 g/mol. The molecule has 0 saturated heterocycles. The topological polar surface area (TPSA) is 51.6 Å². The Morgan fingerprint density at radius 1 is 1.00 bits per heavy atom. The summed E-state index contributed by atoms with van der Waals surface area (Å²) < 4.78 is 11.9. The van der Waals surface area contributed by atoms with Crippen molar-refractivity contribution in [1.29, 1.82) is 0 Å². The van der Waals surface area contributed by atoms with Crippen LogP contribution in [0, 0.1) is 11.3 Å². The van der Waals surface area contributed by atoms with Crippen LogP contribution in [-0.2, 0) is 6.42 Å². The van der Waals surface area contributed by atoms with Crippen LogP contribution in [0.25, 0.3) is 0 Å². The molecular formula is C24H31NO3. The van der Waals surface area contributed by atoms with E-state index < -0.39 is 6.10 Å². The summed E-state index contributed by atoms with van der Waals surface area (Å²) >= 11 is 0. The van der Waals surface area contributed by atoms with Gasteiger partial charge in [0.05, 0.1) is 12.7 Å². The van der Waals surface area contributed by atoms with Crippen LogP contribution in [0.1, 0.15) is 50.5 Å². The monoisotopic (exact) mass is 381 g/mol. The van der Waals surface area contributed by atoms with Gasteiger partial charge in [0.15, 0.2) is 0 Å². The van der Waals surface area contributed by atoms with Crippen LogP contribution in [0.2, 0.25) is 0 Å². The van der Waals surface area contributed by atoms with Crippen molar-refractivity contribution in [3.63, 3.8) is 0 Å². The van der Waals surface area contributed by atoms with Gasteiger partial charge in [0.2, 0.25) is 0 Å². The summed E-state index contributed by atoms with van der Waals surface area (Å²) in [6.07, 6.45) is 12.7. The van der Waals surface area contributed by atoms with E-state index in [1.165, 1.54) is 38.5 Å². The molecule has 3 saturated carbocycles. The molecule has 1 N–H and O–H groups in total. The number of ether oxygens (including phenoxy) is 2. The van der Waals surface area contributed by atoms with E-state index in [2.05, 4.69) is 4.98 Å². The smallest absolute Gasteiger partial charge is 0.119 e. The second-order valence-corrected chi connectivity index (χ2v) is 8.61. The van der Waals surface area contributed by atoms with Crippen molar-refractivity contribution < 1.29 is 14.6 Å². The predicted octanol–water partition coefficient (Wildman–Crippen LogP) is 4.80. The SMILES string of the molecule is OC(CCc1cccnc1)COc1ccc(OCC23CCC(CC2)CC3)cc1. The highest BCUT2D eigenvalue weighted by atomic mass is 16.5. The number of pyridine rings is 1. The highest BCUT2D eigenvalue weighted by molar-refractivity contribution is 5.31. The fourth-order valence-electron chi connectivity index (χ4n) is 4.58. The third-order valence-corrected chi connectivity index (χ3v) is 6.55. The quantitative estimate of drug-likeness (QED) is 0.678. The summed E-state index contributed by atoms with van der Waals surface area (Å²) in [5.41, 5.74) is 1.55. The first kappa shape index (κ1) is 19.3. The lowest BCUT2D eigenvalue weighted by molar-refractivity contribution is 0.0191. The number of benzene rings is 1. The van der Waals surface area contributed by atoms with E-state index in [0.29, 0.717) is 18.4 Å². The lowest BCUT2D eigenvalue weighted by Gasteiger charge is -2.46. The Hall–Kier alpha value is -2.07. The maximum Gasteiger partial charge on any atom is 0.119 e. The minimum absolute atomic E-state index is 0.296. The fourth-order valence-corrected chi connectivity index (χ4v) is 4.58. The lowest BCUT2D eigenvalue weighted by Crippen LogP contribution is -2.38. The van der Waals surface area contributed by atoms with Crippen LogP contribution in [0.5, 0.6) is 11.5 Å². The van der Waals surface area contributed by atoms with Gasteiger partial charge in [-0.3, -0.25) is 4.98 Å². The Morgan fingerprint density at radius 3 is 2.32 bits per heavy atom. The lowest BCUT2D eigenvalue weighted by atomic mass is 9.61. The number of hydrogen-bond donors (Lipinski definition) is 1. The molecule has 0 radical (unpaired) electrons. The minimum Gasteiger partial charge on any atom is -0.493 e. The van der Waals surface area contributed by atoms with Crippen LogP contribution < -0.4 is 9.47 Å². The zero-order valence-corrected chi connectivity index (χ0v) is 16.6. The van der Waals surface area contributed by atoms with E-state index in [1.54, 1.807) is 6.20 Å². The molecule has 1 aromatic heterocycles. The second-order valence-electron chi connectivity index (χ2n) is 8.61. The number of aromatic nitrogens is 1. The van der Waals surface area contributed by atoms with Crippen LogP contribution in [-0.4, -0.2) is 29.4 Å². The Morgan fingerprint density at radius 2 is 1.68 bits per heavy atom. The maximum absolute atomic E-state index is 10.1. The molecule has 0 amide bonds. The van der Waals surface area contributed by atoms with Crippen molar-refractivity contribution in [3.05, 3.63) is 54.4 Å². The van der Waals surface area contributed by atoms with Gasteiger partial charge >= 0.3 is 0 Å². The highest BCUT2D eigenvalue weighted by Crippen LogP contribution is 2.50. The van der Waals surface area contributed by atoms with Gasteiger partial charge in [-0.25, -0.2) is 0 Å². The molecule has 2 bridgehead atoms. The number of aliphatic hydroxyl groups is 1. The van der Waals surface area contributed by atoms with Crippen molar-refractivity contribution in [2.75, 3.05) is 13.2 Å². The van der Waals surface area contributed by atoms with E-state index >= 15 is 0 Å². The molecule has 0 aliphatic heterocycles. The minimum atomic E-state index is -0.489. The molecule has 28 heavy (non-hydrogen) atoms. The van der Waals surface area contributed by atoms with Gasteiger partial charge in [-0.2, -0.15) is 0 Å². The van der Waals surface area contributed by atoms with E-state index in [-0.39, 0.29) is 0 Å². The van der Waals surface area contributed by atoms with Crippen LogP contribution in [0.4, 0.5) is 0 Å². The van der Waals surface area contributed by atoms with Crippen molar-refractivity contribution in [2.45, 2.75) is 57.5 Å². The average Bonchev–Trinajstić information content (AvgIpc) is 2.77. The summed E-state index contributed by atoms with van der Waals surface area (Å²) in [4.78, 5) is 4.10. The molecule has 2 aromatic rings. The molecule has 3 aliphatic rings. The molecule has 4 heteroatoms. The molecule has 3 fully saturated rings. The van der Waals surface area contributed by atoms with Crippen molar-refractivity contribution in [3.8, 4) is 11.5 Å². The number of rotatable bonds is 9. The first-order valence-corrected chi connectivity index (χ1v) is 10.6. The van der Waals surface area contributed by atoms with Gasteiger partial charge in [0.1, 0.15) is 18.1 Å². The van der Waals surface area contributed by atoms with Crippen molar-refractivity contribution in [2.24, 2.45) is 11.3 Å². The molecule has 1 unspecified atom stereocenters. The Bertz CT molecular complexity index is 710. The predicted molar refractivity (Wildman–Crippen MR) is 110 cm³/mol. The van der Waals surface area contributed by atoms with E-state index in [0.717, 1.165) is 36.0 Å². The van der Waals surface area contributed by atoms with E-state index in [1.807, 2.05) is 42.6 Å². The fraction of sp³-hybridized carbons (Fsp3) is 0.542. The van der Waals surface area contributed by atoms with Gasteiger partial charge in [-0.15, -0.1) is 0 Å². The largest absolute Gasteiger partial charge is 0.493 e. The molecule has 1 aromatic carbocycles. The molecule has 1 heterocycles. The second kappa shape index (κ2) is 8.95. The number of fused-ring (bicyclic) bond motifs is 3. The molecule has 1 atom stereocenters. The third kappa shape index (κ3) is 5.05. The van der Waals surface area contributed by atoms with Gasteiger partial charge < -0.3 is 14.6 Å². The summed E-state index contributed by atoms with van der Waals surface area (Å²) in [6.45, 7) is 1.14. The van der Waals surface area contributed by atoms with E-state index in [9.17, 15) is 5.11 Å². The van der Waals surface area contributed by atoms with Crippen LogP contribution in [0.15, 0.2) is 48.8 Å². The van der Waals surface area contributed by atoms with Gasteiger partial charge in [-0.1, -0.05) is 6.07 Å². The zero-order chi connectivity index (χ0) is 19.2. The number of nitrogens with zero attached hydrogens (tertiary/aromatic N) is 1. The van der Waals surface area contributed by atoms with Crippen molar-refractivity contribution >= 4 is 0 Å². The summed E-state index contributed by atoms with van der Waals surface area (Å²) in [5.74, 6) is 2.66. The van der Waals surface area contributed by atoms with E-state index in [4.69, 9.17) is 9.47 Å². The highest BCUT2D eigenvalue weighted by Gasteiger charge is 2.40. The summed E-state index contributed by atoms with van der Waals surface area (Å²) in [6, 6.07) is 11.8. The maximum atomic E-state index is 10.1. The van der Waals surface area contributed by atoms with Gasteiger partial charge in [0.25, 0.3) is 0 Å². The first-order valence-electron chi connectivity index (χ1n) is 10.6. The Balaban J connectivity index is 1.19. The molecule has 150 valence electrons. The van der Waals surface area contributed by atoms with Crippen LogP contribution >= 0.6 is 0 Å². The molecule has 4 nitrogen and oxygen atoms in total. The van der Waals surface area contributed by atoms with Crippen molar-refractivity contribution in [1.82, 2.24) is 4.98 Å². The molecule has 0 spiro atoms. The summed E-state index contributed by atoms with van der Waals surface area (Å²) in [7, 11) is 0. The standard InChI is InChI=1S/C24H31NO3/c26-21(4-3-20-2-1-15-25-16-20)17-27-22-5-7-23(8-6-22)28-18-24-12-9-19(10-13-24)11-14-24/h1-2,5-8,15-16,19,21,26H,3-4,9-14,17-18H2.